The Kier molecular flexibility index (Phi) is 6.44. The number of halogens is 2. The van der Waals surface area contributed by atoms with Crippen molar-refractivity contribution in [1.29, 1.82) is 0 Å². The van der Waals surface area contributed by atoms with E-state index in [2.05, 4.69) is 20.7 Å². The third kappa shape index (κ3) is 5.40. The molecule has 8 heteroatoms. The number of carboxylic acid groups (broad SMARTS) is 1. The van der Waals surface area contributed by atoms with Crippen LogP contribution in [-0.4, -0.2) is 25.5 Å². The number of nitrogens with one attached hydrogen (secondary N) is 1. The molecule has 1 unspecified atom stereocenters. The minimum Gasteiger partial charge on any atom is -0.480 e. The second-order valence-corrected chi connectivity index (χ2v) is 7.34. The van der Waals surface area contributed by atoms with Gasteiger partial charge in [0.25, 0.3) is 0 Å². The maximum absolute atomic E-state index is 12.0. The van der Waals surface area contributed by atoms with Gasteiger partial charge in [-0.25, -0.2) is 13.1 Å². The van der Waals surface area contributed by atoms with E-state index >= 15 is 0 Å². The van der Waals surface area contributed by atoms with Crippen LogP contribution in [-0.2, 0) is 20.6 Å². The summed E-state index contributed by atoms with van der Waals surface area (Å²) >= 11 is 9.02. The summed E-state index contributed by atoms with van der Waals surface area (Å²) in [7, 11) is -3.74. The van der Waals surface area contributed by atoms with Crippen LogP contribution in [0.2, 0.25) is 5.02 Å². The molecule has 0 bridgehead atoms. The molecule has 1 aromatic rings. The number of hydrogen-bond acceptors (Lipinski definition) is 3. The van der Waals surface area contributed by atoms with E-state index in [-0.39, 0.29) is 12.2 Å². The van der Waals surface area contributed by atoms with E-state index in [9.17, 15) is 13.2 Å². The van der Waals surface area contributed by atoms with Crippen LogP contribution < -0.4 is 4.72 Å². The first kappa shape index (κ1) is 17.4. The Hall–Kier alpha value is -0.630. The standard InChI is InChI=1S/C12H15BrClNO4S/c1-2-3-11(12(16)17)15-20(18,19)7-8-4-5-9(14)6-10(8)13/h4-6,11,15H,2-3,7H2,1H3,(H,16,17). The average Bonchev–Trinajstić information content (AvgIpc) is 2.32. The number of aliphatic carboxylic acids is 1. The molecular weight excluding hydrogens is 370 g/mol. The van der Waals surface area contributed by atoms with Crippen molar-refractivity contribution in [3.05, 3.63) is 33.3 Å². The maximum atomic E-state index is 12.0. The van der Waals surface area contributed by atoms with E-state index in [1.54, 1.807) is 25.1 Å². The predicted octanol–water partition coefficient (Wildman–Crippen LogP) is 2.78. The van der Waals surface area contributed by atoms with Gasteiger partial charge in [0, 0.05) is 9.50 Å². The van der Waals surface area contributed by atoms with Crippen molar-refractivity contribution in [3.63, 3.8) is 0 Å². The van der Waals surface area contributed by atoms with Crippen LogP contribution >= 0.6 is 27.5 Å². The first-order valence-corrected chi connectivity index (χ1v) is 8.74. The lowest BCUT2D eigenvalue weighted by atomic mass is 10.2. The quantitative estimate of drug-likeness (QED) is 0.757. The summed E-state index contributed by atoms with van der Waals surface area (Å²) in [6.45, 7) is 1.79. The lowest BCUT2D eigenvalue weighted by molar-refractivity contribution is -0.139. The van der Waals surface area contributed by atoms with Gasteiger partial charge in [-0.2, -0.15) is 0 Å². The van der Waals surface area contributed by atoms with Crippen LogP contribution in [0.5, 0.6) is 0 Å². The molecule has 0 aromatic heterocycles. The average molecular weight is 385 g/mol. The Balaban J connectivity index is 2.86. The maximum Gasteiger partial charge on any atom is 0.321 e. The summed E-state index contributed by atoms with van der Waals surface area (Å²) in [5.41, 5.74) is 0.516. The Morgan fingerprint density at radius 1 is 1.50 bits per heavy atom. The first-order valence-electron chi connectivity index (χ1n) is 5.92. The van der Waals surface area contributed by atoms with Crippen molar-refractivity contribution in [2.24, 2.45) is 0 Å². The molecule has 0 aliphatic heterocycles. The highest BCUT2D eigenvalue weighted by Gasteiger charge is 2.23. The molecule has 0 spiro atoms. The van der Waals surface area contributed by atoms with Gasteiger partial charge < -0.3 is 5.11 Å². The van der Waals surface area contributed by atoms with Crippen molar-refractivity contribution < 1.29 is 18.3 Å². The molecule has 0 fully saturated rings. The van der Waals surface area contributed by atoms with Crippen LogP contribution in [0.15, 0.2) is 22.7 Å². The van der Waals surface area contributed by atoms with Crippen LogP contribution in [0.3, 0.4) is 0 Å². The Bertz CT molecular complexity index is 591. The van der Waals surface area contributed by atoms with Gasteiger partial charge in [-0.15, -0.1) is 0 Å². The Morgan fingerprint density at radius 2 is 2.15 bits per heavy atom. The SMILES string of the molecule is CCCC(NS(=O)(=O)Cc1ccc(Cl)cc1Br)C(=O)O. The monoisotopic (exact) mass is 383 g/mol. The minimum absolute atomic E-state index is 0.246. The summed E-state index contributed by atoms with van der Waals surface area (Å²) in [5, 5.41) is 9.46. The third-order valence-electron chi connectivity index (χ3n) is 2.56. The number of hydrogen-bond donors (Lipinski definition) is 2. The zero-order valence-electron chi connectivity index (χ0n) is 10.8. The summed E-state index contributed by atoms with van der Waals surface area (Å²) in [6.07, 6.45) is 0.820. The molecule has 0 saturated carbocycles. The van der Waals surface area contributed by atoms with Gasteiger partial charge in [-0.05, 0) is 24.1 Å². The highest BCUT2D eigenvalue weighted by molar-refractivity contribution is 9.10. The zero-order chi connectivity index (χ0) is 15.3. The topological polar surface area (TPSA) is 83.5 Å². The molecule has 1 atom stereocenters. The lowest BCUT2D eigenvalue weighted by Crippen LogP contribution is -2.41. The zero-order valence-corrected chi connectivity index (χ0v) is 13.9. The molecule has 0 heterocycles. The number of rotatable bonds is 7. The highest BCUT2D eigenvalue weighted by Crippen LogP contribution is 2.23. The van der Waals surface area contributed by atoms with E-state index in [1.165, 1.54) is 0 Å². The Labute approximate surface area is 131 Å². The smallest absolute Gasteiger partial charge is 0.321 e. The van der Waals surface area contributed by atoms with E-state index in [0.717, 1.165) is 0 Å². The summed E-state index contributed by atoms with van der Waals surface area (Å²) in [4.78, 5) is 11.0. The largest absolute Gasteiger partial charge is 0.480 e. The molecule has 0 aliphatic rings. The second-order valence-electron chi connectivity index (χ2n) is 4.29. The fraction of sp³-hybridized carbons (Fsp3) is 0.417. The van der Waals surface area contributed by atoms with Crippen LogP contribution in [0.25, 0.3) is 0 Å². The van der Waals surface area contributed by atoms with E-state index in [1.807, 2.05) is 0 Å². The molecule has 1 aromatic carbocycles. The molecule has 2 N–H and O–H groups in total. The fourth-order valence-corrected chi connectivity index (χ4v) is 4.03. The number of carboxylic acids is 1. The molecule has 0 amide bonds. The van der Waals surface area contributed by atoms with E-state index in [0.29, 0.717) is 21.5 Å². The summed E-state index contributed by atoms with van der Waals surface area (Å²) in [6, 6.07) is 3.66. The van der Waals surface area contributed by atoms with Crippen molar-refractivity contribution in [2.75, 3.05) is 0 Å². The van der Waals surface area contributed by atoms with E-state index < -0.39 is 22.0 Å². The molecular formula is C12H15BrClNO4S. The van der Waals surface area contributed by atoms with Crippen molar-refractivity contribution in [1.82, 2.24) is 4.72 Å². The summed E-state index contributed by atoms with van der Waals surface area (Å²) < 4.78 is 26.8. The van der Waals surface area contributed by atoms with Crippen molar-refractivity contribution >= 4 is 43.5 Å². The second kappa shape index (κ2) is 7.40. The molecule has 112 valence electrons. The van der Waals surface area contributed by atoms with Gasteiger partial charge in [0.15, 0.2) is 0 Å². The van der Waals surface area contributed by atoms with Crippen LogP contribution in [0.1, 0.15) is 25.3 Å². The molecule has 0 aliphatic carbocycles. The molecule has 0 saturated heterocycles. The van der Waals surface area contributed by atoms with Gasteiger partial charge in [0.1, 0.15) is 6.04 Å². The van der Waals surface area contributed by atoms with Gasteiger partial charge in [0.2, 0.25) is 10.0 Å². The lowest BCUT2D eigenvalue weighted by Gasteiger charge is -2.14. The predicted molar refractivity (Wildman–Crippen MR) is 81.2 cm³/mol. The normalized spacial score (nSPS) is 13.2. The molecule has 5 nitrogen and oxygen atoms in total. The number of benzene rings is 1. The fourth-order valence-electron chi connectivity index (χ4n) is 1.62. The Morgan fingerprint density at radius 3 is 2.65 bits per heavy atom. The minimum atomic E-state index is -3.74. The highest BCUT2D eigenvalue weighted by atomic mass is 79.9. The third-order valence-corrected chi connectivity index (χ3v) is 4.87. The van der Waals surface area contributed by atoms with Crippen LogP contribution in [0.4, 0.5) is 0 Å². The van der Waals surface area contributed by atoms with Crippen molar-refractivity contribution in [2.45, 2.75) is 31.6 Å². The van der Waals surface area contributed by atoms with Gasteiger partial charge in [-0.3, -0.25) is 4.79 Å². The summed E-state index contributed by atoms with van der Waals surface area (Å²) in [5.74, 6) is -1.48. The van der Waals surface area contributed by atoms with Crippen LogP contribution in [0, 0.1) is 0 Å². The molecule has 20 heavy (non-hydrogen) atoms. The van der Waals surface area contributed by atoms with Gasteiger partial charge >= 0.3 is 5.97 Å². The molecule has 0 radical (unpaired) electrons. The number of carbonyl (C=O) groups is 1. The molecule has 1 rings (SSSR count). The van der Waals surface area contributed by atoms with Gasteiger partial charge in [0.05, 0.1) is 5.75 Å². The first-order chi connectivity index (χ1) is 9.25. The van der Waals surface area contributed by atoms with Gasteiger partial charge in [-0.1, -0.05) is 46.9 Å². The number of sulfonamides is 1. The van der Waals surface area contributed by atoms with Crippen molar-refractivity contribution in [3.8, 4) is 0 Å². The van der Waals surface area contributed by atoms with E-state index in [4.69, 9.17) is 16.7 Å².